The van der Waals surface area contributed by atoms with E-state index >= 15 is 0 Å². The lowest BCUT2D eigenvalue weighted by atomic mass is 10.2. The molecule has 1 aliphatic heterocycles. The Morgan fingerprint density at radius 2 is 2.10 bits per heavy atom. The van der Waals surface area contributed by atoms with Crippen LogP contribution in [-0.4, -0.2) is 36.1 Å². The van der Waals surface area contributed by atoms with Gasteiger partial charge in [-0.2, -0.15) is 0 Å². The lowest BCUT2D eigenvalue weighted by Crippen LogP contribution is -2.46. The number of aromatic nitrogens is 1. The van der Waals surface area contributed by atoms with Crippen LogP contribution in [0.3, 0.4) is 0 Å². The number of pyridine rings is 1. The molecule has 0 saturated carbocycles. The number of thiophene rings is 1. The Labute approximate surface area is 131 Å². The molecule has 1 fully saturated rings. The number of nitrogen functional groups attached to an aromatic ring is 1. The summed E-state index contributed by atoms with van der Waals surface area (Å²) >= 11 is 5.31. The smallest absolute Gasteiger partial charge is 0.151 e. The molecule has 0 amide bonds. The van der Waals surface area contributed by atoms with Crippen LogP contribution in [0.4, 0.5) is 11.5 Å². The largest absolute Gasteiger partial charge is 0.396 e. The zero-order valence-electron chi connectivity index (χ0n) is 11.1. The topological polar surface area (TPSA) is 45.4 Å². The fraction of sp³-hybridized carbons (Fsp3) is 0.357. The second-order valence-electron chi connectivity index (χ2n) is 4.91. The number of rotatable bonds is 3. The van der Waals surface area contributed by atoms with Crippen LogP contribution in [0.5, 0.6) is 0 Å². The molecule has 3 heterocycles. The standard InChI is InChI=1S/C14H17BrN4S/c15-11-8-12(20-10-11)9-18-4-6-19(7-5-18)14-13(16)2-1-3-17-14/h1-3,8,10H,4-7,9,16H2. The quantitative estimate of drug-likeness (QED) is 0.922. The Hall–Kier alpha value is -1.11. The Morgan fingerprint density at radius 1 is 1.30 bits per heavy atom. The Kier molecular flexibility index (Phi) is 4.24. The van der Waals surface area contributed by atoms with Gasteiger partial charge in [-0.15, -0.1) is 11.3 Å². The molecule has 0 aliphatic carbocycles. The molecule has 6 heteroatoms. The van der Waals surface area contributed by atoms with Crippen LogP contribution in [0.2, 0.25) is 0 Å². The number of nitrogens with two attached hydrogens (primary N) is 1. The van der Waals surface area contributed by atoms with Crippen LogP contribution in [-0.2, 0) is 6.54 Å². The first-order valence-electron chi connectivity index (χ1n) is 6.63. The van der Waals surface area contributed by atoms with Crippen molar-refractivity contribution in [3.05, 3.63) is 39.1 Å². The molecular formula is C14H17BrN4S. The minimum atomic E-state index is 0.767. The Balaban J connectivity index is 1.58. The van der Waals surface area contributed by atoms with E-state index in [0.717, 1.165) is 44.2 Å². The third-order valence-corrected chi connectivity index (χ3v) is 5.17. The number of nitrogens with zero attached hydrogens (tertiary/aromatic N) is 3. The maximum atomic E-state index is 5.99. The number of anilines is 2. The summed E-state index contributed by atoms with van der Waals surface area (Å²) in [5, 5.41) is 2.14. The van der Waals surface area contributed by atoms with Crippen molar-refractivity contribution in [1.29, 1.82) is 0 Å². The third-order valence-electron chi connectivity index (χ3n) is 3.49. The summed E-state index contributed by atoms with van der Waals surface area (Å²) in [5.41, 5.74) is 6.76. The molecule has 2 aromatic heterocycles. The summed E-state index contributed by atoms with van der Waals surface area (Å²) in [6.07, 6.45) is 1.81. The minimum Gasteiger partial charge on any atom is -0.396 e. The van der Waals surface area contributed by atoms with Crippen molar-refractivity contribution in [2.45, 2.75) is 6.54 Å². The average Bonchev–Trinajstić information content (AvgIpc) is 2.86. The van der Waals surface area contributed by atoms with E-state index < -0.39 is 0 Å². The first-order chi connectivity index (χ1) is 9.72. The van der Waals surface area contributed by atoms with Gasteiger partial charge in [-0.25, -0.2) is 4.98 Å². The predicted octanol–water partition coefficient (Wildman–Crippen LogP) is 2.81. The highest BCUT2D eigenvalue weighted by Gasteiger charge is 2.19. The minimum absolute atomic E-state index is 0.767. The number of hydrogen-bond donors (Lipinski definition) is 1. The number of halogens is 1. The summed E-state index contributed by atoms with van der Waals surface area (Å²) in [7, 11) is 0. The highest BCUT2D eigenvalue weighted by molar-refractivity contribution is 9.10. The number of piperazine rings is 1. The molecule has 20 heavy (non-hydrogen) atoms. The fourth-order valence-corrected chi connectivity index (χ4v) is 3.94. The molecule has 3 rings (SSSR count). The maximum absolute atomic E-state index is 5.99. The fourth-order valence-electron chi connectivity index (χ4n) is 2.45. The monoisotopic (exact) mass is 352 g/mol. The molecule has 0 aromatic carbocycles. The highest BCUT2D eigenvalue weighted by atomic mass is 79.9. The molecule has 0 bridgehead atoms. The molecule has 2 aromatic rings. The Bertz CT molecular complexity index is 578. The molecular weight excluding hydrogens is 336 g/mol. The third kappa shape index (κ3) is 3.13. The van der Waals surface area contributed by atoms with Gasteiger partial charge in [-0.1, -0.05) is 0 Å². The van der Waals surface area contributed by atoms with Crippen LogP contribution in [0.1, 0.15) is 4.88 Å². The predicted molar refractivity (Wildman–Crippen MR) is 88.2 cm³/mol. The molecule has 1 saturated heterocycles. The second kappa shape index (κ2) is 6.11. The highest BCUT2D eigenvalue weighted by Crippen LogP contribution is 2.23. The lowest BCUT2D eigenvalue weighted by Gasteiger charge is -2.35. The van der Waals surface area contributed by atoms with E-state index in [4.69, 9.17) is 5.73 Å². The number of hydrogen-bond acceptors (Lipinski definition) is 5. The zero-order chi connectivity index (χ0) is 13.9. The average molecular weight is 353 g/mol. The summed E-state index contributed by atoms with van der Waals surface area (Å²) < 4.78 is 1.18. The summed E-state index contributed by atoms with van der Waals surface area (Å²) in [6.45, 7) is 5.08. The van der Waals surface area contributed by atoms with E-state index in [9.17, 15) is 0 Å². The van der Waals surface area contributed by atoms with Gasteiger partial charge in [0.25, 0.3) is 0 Å². The van der Waals surface area contributed by atoms with Crippen LogP contribution in [0.25, 0.3) is 0 Å². The van der Waals surface area contributed by atoms with E-state index in [1.54, 1.807) is 6.20 Å². The van der Waals surface area contributed by atoms with E-state index in [2.05, 4.69) is 42.2 Å². The van der Waals surface area contributed by atoms with Gasteiger partial charge in [0.05, 0.1) is 5.69 Å². The molecule has 0 atom stereocenters. The molecule has 106 valence electrons. The van der Waals surface area contributed by atoms with Gasteiger partial charge in [-0.05, 0) is 34.1 Å². The van der Waals surface area contributed by atoms with Crippen molar-refractivity contribution in [3.63, 3.8) is 0 Å². The van der Waals surface area contributed by atoms with E-state index in [1.165, 1.54) is 9.35 Å². The van der Waals surface area contributed by atoms with Gasteiger partial charge in [-0.3, -0.25) is 4.90 Å². The molecule has 2 N–H and O–H groups in total. The van der Waals surface area contributed by atoms with Crippen LogP contribution >= 0.6 is 27.3 Å². The van der Waals surface area contributed by atoms with Crippen molar-refractivity contribution >= 4 is 38.8 Å². The molecule has 4 nitrogen and oxygen atoms in total. The first kappa shape index (κ1) is 13.9. The van der Waals surface area contributed by atoms with E-state index in [0.29, 0.717) is 0 Å². The second-order valence-corrected chi connectivity index (χ2v) is 6.82. The van der Waals surface area contributed by atoms with Gasteiger partial charge >= 0.3 is 0 Å². The van der Waals surface area contributed by atoms with Crippen molar-refractivity contribution in [1.82, 2.24) is 9.88 Å². The van der Waals surface area contributed by atoms with E-state index in [1.807, 2.05) is 23.5 Å². The van der Waals surface area contributed by atoms with Crippen molar-refractivity contribution < 1.29 is 0 Å². The maximum Gasteiger partial charge on any atom is 0.151 e. The SMILES string of the molecule is Nc1cccnc1N1CCN(Cc2cc(Br)cs2)CC1. The van der Waals surface area contributed by atoms with Gasteiger partial charge in [0.1, 0.15) is 0 Å². The van der Waals surface area contributed by atoms with E-state index in [-0.39, 0.29) is 0 Å². The van der Waals surface area contributed by atoms with Crippen molar-refractivity contribution in [2.75, 3.05) is 36.8 Å². The Morgan fingerprint density at radius 3 is 2.75 bits per heavy atom. The van der Waals surface area contributed by atoms with Crippen molar-refractivity contribution in [2.24, 2.45) is 0 Å². The lowest BCUT2D eigenvalue weighted by molar-refractivity contribution is 0.251. The van der Waals surface area contributed by atoms with Gasteiger partial charge in [0.15, 0.2) is 5.82 Å². The van der Waals surface area contributed by atoms with Crippen LogP contribution in [0, 0.1) is 0 Å². The molecule has 1 aliphatic rings. The van der Waals surface area contributed by atoms with Gasteiger partial charge < -0.3 is 10.6 Å². The molecule has 0 radical (unpaired) electrons. The molecule has 0 unspecified atom stereocenters. The van der Waals surface area contributed by atoms with Gasteiger partial charge in [0.2, 0.25) is 0 Å². The molecule has 0 spiro atoms. The summed E-state index contributed by atoms with van der Waals surface area (Å²) in [4.78, 5) is 10.6. The zero-order valence-corrected chi connectivity index (χ0v) is 13.5. The van der Waals surface area contributed by atoms with Crippen molar-refractivity contribution in [3.8, 4) is 0 Å². The van der Waals surface area contributed by atoms with Gasteiger partial charge in [0, 0.05) is 53.7 Å². The summed E-state index contributed by atoms with van der Waals surface area (Å²) in [6, 6.07) is 6.00. The normalized spacial score (nSPS) is 16.6. The first-order valence-corrected chi connectivity index (χ1v) is 8.30. The summed E-state index contributed by atoms with van der Waals surface area (Å²) in [5.74, 6) is 0.922. The van der Waals surface area contributed by atoms with Crippen LogP contribution < -0.4 is 10.6 Å². The van der Waals surface area contributed by atoms with Crippen LogP contribution in [0.15, 0.2) is 34.2 Å².